The molecule has 2 rings (SSSR count). The fourth-order valence-corrected chi connectivity index (χ4v) is 3.68. The largest absolute Gasteiger partial charge is 0.507 e. The summed E-state index contributed by atoms with van der Waals surface area (Å²) in [5.41, 5.74) is 0.913. The van der Waals surface area contributed by atoms with E-state index < -0.39 is 0 Å². The summed E-state index contributed by atoms with van der Waals surface area (Å²) in [6.45, 7) is 5.93. The molecule has 1 aromatic rings. The molecule has 1 heterocycles. The van der Waals surface area contributed by atoms with Gasteiger partial charge in [-0.15, -0.1) is 0 Å². The number of carbonyl (C=O) groups is 1. The molecule has 0 radical (unpaired) electrons. The second-order valence-electron chi connectivity index (χ2n) is 6.99. The first-order valence-electron chi connectivity index (χ1n) is 9.41. The number of methoxy groups -OCH3 is 2. The van der Waals surface area contributed by atoms with Crippen molar-refractivity contribution in [2.24, 2.45) is 11.8 Å². The fourth-order valence-electron chi connectivity index (χ4n) is 3.68. The lowest BCUT2D eigenvalue weighted by molar-refractivity contribution is -0.123. The smallest absolute Gasteiger partial charge is 0.220 e. The molecule has 1 aliphatic rings. The van der Waals surface area contributed by atoms with Gasteiger partial charge in [0.1, 0.15) is 11.5 Å². The van der Waals surface area contributed by atoms with E-state index in [-0.39, 0.29) is 11.7 Å². The Hall–Kier alpha value is -1.79. The maximum atomic E-state index is 12.1. The van der Waals surface area contributed by atoms with Gasteiger partial charge >= 0.3 is 0 Å². The normalized spacial score (nSPS) is 20.7. The molecule has 1 aromatic carbocycles. The molecule has 2 atom stereocenters. The Labute approximate surface area is 156 Å². The lowest BCUT2D eigenvalue weighted by atomic mass is 9.81. The SMILES string of the molecule is CC[C@@H]1CN(Cc2ccc(OC)cc2O)CC[C@H]1CC(=O)NCCOC. The molecule has 26 heavy (non-hydrogen) atoms. The molecule has 0 unspecified atom stereocenters. The molecule has 146 valence electrons. The number of nitrogens with zero attached hydrogens (tertiary/aromatic N) is 1. The van der Waals surface area contributed by atoms with Crippen molar-refractivity contribution in [2.45, 2.75) is 32.7 Å². The second kappa shape index (κ2) is 10.4. The van der Waals surface area contributed by atoms with Crippen molar-refractivity contribution in [3.63, 3.8) is 0 Å². The number of phenols is 1. The number of piperidine rings is 1. The molecular formula is C20H32N2O4. The summed E-state index contributed by atoms with van der Waals surface area (Å²) in [6.07, 6.45) is 2.65. The Kier molecular flexibility index (Phi) is 8.19. The highest BCUT2D eigenvalue weighted by molar-refractivity contribution is 5.76. The van der Waals surface area contributed by atoms with Crippen molar-refractivity contribution in [1.29, 1.82) is 0 Å². The number of nitrogens with one attached hydrogen (secondary N) is 1. The van der Waals surface area contributed by atoms with Crippen LogP contribution in [0, 0.1) is 11.8 Å². The first-order valence-corrected chi connectivity index (χ1v) is 9.41. The summed E-state index contributed by atoms with van der Waals surface area (Å²) in [5.74, 6) is 1.97. The van der Waals surface area contributed by atoms with Gasteiger partial charge in [-0.25, -0.2) is 0 Å². The Morgan fingerprint density at radius 2 is 2.15 bits per heavy atom. The van der Waals surface area contributed by atoms with E-state index in [4.69, 9.17) is 9.47 Å². The van der Waals surface area contributed by atoms with Gasteiger partial charge in [0, 0.05) is 44.8 Å². The Morgan fingerprint density at radius 3 is 2.81 bits per heavy atom. The molecule has 0 spiro atoms. The maximum absolute atomic E-state index is 12.1. The summed E-state index contributed by atoms with van der Waals surface area (Å²) in [5, 5.41) is 13.1. The number of ether oxygens (including phenoxy) is 2. The Bertz CT molecular complexity index is 579. The second-order valence-corrected chi connectivity index (χ2v) is 6.99. The minimum absolute atomic E-state index is 0.117. The van der Waals surface area contributed by atoms with E-state index in [0.717, 1.165) is 38.0 Å². The van der Waals surface area contributed by atoms with Gasteiger partial charge in [0.25, 0.3) is 0 Å². The number of hydrogen-bond donors (Lipinski definition) is 2. The van der Waals surface area contributed by atoms with Gasteiger partial charge in [0.2, 0.25) is 5.91 Å². The molecule has 0 aromatic heterocycles. The predicted octanol–water partition coefficient (Wildman–Crippen LogP) is 2.40. The molecule has 1 saturated heterocycles. The number of aromatic hydroxyl groups is 1. The van der Waals surface area contributed by atoms with Gasteiger partial charge in [-0.2, -0.15) is 0 Å². The van der Waals surface area contributed by atoms with E-state index >= 15 is 0 Å². The van der Waals surface area contributed by atoms with E-state index in [1.54, 1.807) is 20.3 Å². The van der Waals surface area contributed by atoms with Gasteiger partial charge in [-0.05, 0) is 30.9 Å². The van der Waals surface area contributed by atoms with Gasteiger partial charge in [-0.3, -0.25) is 9.69 Å². The molecule has 6 nitrogen and oxygen atoms in total. The lowest BCUT2D eigenvalue weighted by Gasteiger charge is -2.38. The van der Waals surface area contributed by atoms with Crippen molar-refractivity contribution in [1.82, 2.24) is 10.2 Å². The van der Waals surface area contributed by atoms with Crippen LogP contribution < -0.4 is 10.1 Å². The third-order valence-corrected chi connectivity index (χ3v) is 5.26. The Morgan fingerprint density at radius 1 is 1.35 bits per heavy atom. The molecule has 1 fully saturated rings. The molecule has 1 aliphatic heterocycles. The summed E-state index contributed by atoms with van der Waals surface area (Å²) in [4.78, 5) is 14.5. The highest BCUT2D eigenvalue weighted by Gasteiger charge is 2.29. The third kappa shape index (κ3) is 5.88. The predicted molar refractivity (Wildman–Crippen MR) is 101 cm³/mol. The van der Waals surface area contributed by atoms with Gasteiger partial charge in [0.15, 0.2) is 0 Å². The molecule has 0 bridgehead atoms. The van der Waals surface area contributed by atoms with E-state index in [1.807, 2.05) is 12.1 Å². The lowest BCUT2D eigenvalue weighted by Crippen LogP contribution is -2.41. The van der Waals surface area contributed by atoms with E-state index in [1.165, 1.54) is 0 Å². The van der Waals surface area contributed by atoms with Crippen LogP contribution in [0.4, 0.5) is 0 Å². The highest BCUT2D eigenvalue weighted by Crippen LogP contribution is 2.31. The Balaban J connectivity index is 1.87. The summed E-state index contributed by atoms with van der Waals surface area (Å²) < 4.78 is 10.1. The van der Waals surface area contributed by atoms with E-state index in [0.29, 0.717) is 37.2 Å². The van der Waals surface area contributed by atoms with Gasteiger partial charge < -0.3 is 19.9 Å². The zero-order chi connectivity index (χ0) is 18.9. The van der Waals surface area contributed by atoms with E-state index in [9.17, 15) is 9.90 Å². The first-order chi connectivity index (χ1) is 12.6. The average molecular weight is 364 g/mol. The fraction of sp³-hybridized carbons (Fsp3) is 0.650. The van der Waals surface area contributed by atoms with Crippen LogP contribution in [-0.2, 0) is 16.1 Å². The number of hydrogen-bond acceptors (Lipinski definition) is 5. The van der Waals surface area contributed by atoms with Crippen LogP contribution in [-0.4, -0.2) is 56.4 Å². The van der Waals surface area contributed by atoms with Crippen LogP contribution in [0.5, 0.6) is 11.5 Å². The molecule has 0 saturated carbocycles. The third-order valence-electron chi connectivity index (χ3n) is 5.26. The monoisotopic (exact) mass is 364 g/mol. The summed E-state index contributed by atoms with van der Waals surface area (Å²) >= 11 is 0. The van der Waals surface area contributed by atoms with Crippen LogP contribution in [0.15, 0.2) is 18.2 Å². The minimum Gasteiger partial charge on any atom is -0.507 e. The molecule has 0 aliphatic carbocycles. The molecular weight excluding hydrogens is 332 g/mol. The van der Waals surface area contributed by atoms with Crippen LogP contribution in [0.1, 0.15) is 31.7 Å². The highest BCUT2D eigenvalue weighted by atomic mass is 16.5. The standard InChI is InChI=1S/C20H32N2O4/c1-4-15-13-22(14-17-5-6-18(26-3)12-19(17)23)9-7-16(15)11-20(24)21-8-10-25-2/h5-6,12,15-16,23H,4,7-11,13-14H2,1-3H3,(H,21,24)/t15-,16+/m1/s1. The number of phenolic OH excluding ortho intramolecular Hbond substituents is 1. The van der Waals surface area contributed by atoms with Crippen molar-refractivity contribution in [3.05, 3.63) is 23.8 Å². The van der Waals surface area contributed by atoms with Crippen molar-refractivity contribution < 1.29 is 19.4 Å². The van der Waals surface area contributed by atoms with Crippen LogP contribution in [0.2, 0.25) is 0 Å². The van der Waals surface area contributed by atoms with Crippen LogP contribution in [0.25, 0.3) is 0 Å². The van der Waals surface area contributed by atoms with Crippen LogP contribution >= 0.6 is 0 Å². The number of carbonyl (C=O) groups excluding carboxylic acids is 1. The first kappa shape index (κ1) is 20.5. The molecule has 6 heteroatoms. The zero-order valence-electron chi connectivity index (χ0n) is 16.2. The van der Waals surface area contributed by atoms with Crippen LogP contribution in [0.3, 0.4) is 0 Å². The number of benzene rings is 1. The quantitative estimate of drug-likeness (QED) is 0.659. The van der Waals surface area contributed by atoms with Crippen molar-refractivity contribution in [3.8, 4) is 11.5 Å². The average Bonchev–Trinajstić information content (AvgIpc) is 2.64. The summed E-state index contributed by atoms with van der Waals surface area (Å²) in [7, 11) is 3.23. The number of rotatable bonds is 9. The minimum atomic E-state index is 0.117. The van der Waals surface area contributed by atoms with Gasteiger partial charge in [0.05, 0.1) is 13.7 Å². The zero-order valence-corrected chi connectivity index (χ0v) is 16.2. The molecule has 2 N–H and O–H groups in total. The van der Waals surface area contributed by atoms with Crippen molar-refractivity contribution in [2.75, 3.05) is 40.5 Å². The number of likely N-dealkylation sites (tertiary alicyclic amines) is 1. The maximum Gasteiger partial charge on any atom is 0.220 e. The number of amides is 1. The van der Waals surface area contributed by atoms with Crippen molar-refractivity contribution >= 4 is 5.91 Å². The topological polar surface area (TPSA) is 71.0 Å². The molecule has 1 amide bonds. The van der Waals surface area contributed by atoms with E-state index in [2.05, 4.69) is 17.1 Å². The summed E-state index contributed by atoms with van der Waals surface area (Å²) in [6, 6.07) is 5.46. The van der Waals surface area contributed by atoms with Gasteiger partial charge in [-0.1, -0.05) is 19.4 Å².